The Balaban J connectivity index is 2.26. The first kappa shape index (κ1) is 13.6. The highest BCUT2D eigenvalue weighted by Gasteiger charge is 2.28. The molecule has 0 amide bonds. The van der Waals surface area contributed by atoms with Gasteiger partial charge in [0.25, 0.3) is 0 Å². The average Bonchev–Trinajstić information content (AvgIpc) is 2.29. The van der Waals surface area contributed by atoms with Gasteiger partial charge in [-0.05, 0) is 38.0 Å². The van der Waals surface area contributed by atoms with E-state index in [0.29, 0.717) is 10.0 Å². The van der Waals surface area contributed by atoms with Gasteiger partial charge in [0.15, 0.2) is 0 Å². The van der Waals surface area contributed by atoms with Crippen molar-refractivity contribution in [1.29, 1.82) is 0 Å². The van der Waals surface area contributed by atoms with Crippen molar-refractivity contribution in [3.63, 3.8) is 0 Å². The van der Waals surface area contributed by atoms with Crippen LogP contribution in [0.15, 0.2) is 18.2 Å². The molecule has 0 radical (unpaired) electrons. The number of hydrogen-bond donors (Lipinski definition) is 2. The monoisotopic (exact) mass is 284 g/mol. The third-order valence-corrected chi connectivity index (χ3v) is 3.86. The van der Waals surface area contributed by atoms with Crippen LogP contribution in [0.3, 0.4) is 0 Å². The fourth-order valence-electron chi connectivity index (χ4n) is 2.21. The van der Waals surface area contributed by atoms with Crippen LogP contribution in [0.4, 0.5) is 5.69 Å². The van der Waals surface area contributed by atoms with E-state index in [0.717, 1.165) is 37.2 Å². The number of nitrogens with zero attached hydrogens (tertiary/aromatic N) is 1. The first-order valence-corrected chi connectivity index (χ1v) is 6.74. The predicted molar refractivity (Wildman–Crippen MR) is 79.4 cm³/mol. The van der Waals surface area contributed by atoms with Gasteiger partial charge in [0.1, 0.15) is 4.99 Å². The van der Waals surface area contributed by atoms with Gasteiger partial charge < -0.3 is 15.7 Å². The van der Waals surface area contributed by atoms with Gasteiger partial charge in [0.2, 0.25) is 0 Å². The summed E-state index contributed by atoms with van der Waals surface area (Å²) in [5.41, 5.74) is 6.98. The van der Waals surface area contributed by atoms with E-state index in [1.165, 1.54) is 0 Å². The van der Waals surface area contributed by atoms with Crippen LogP contribution >= 0.6 is 23.8 Å². The minimum atomic E-state index is -0.563. The molecule has 5 heteroatoms. The number of piperidine rings is 1. The Hall–Kier alpha value is -0.840. The van der Waals surface area contributed by atoms with E-state index >= 15 is 0 Å². The van der Waals surface area contributed by atoms with Crippen molar-refractivity contribution in [3.05, 3.63) is 28.8 Å². The maximum atomic E-state index is 9.96. The Kier molecular flexibility index (Phi) is 3.80. The molecule has 1 aliphatic rings. The smallest absolute Gasteiger partial charge is 0.106 e. The molecular formula is C13H17ClN2OS. The van der Waals surface area contributed by atoms with Gasteiger partial charge in [-0.15, -0.1) is 0 Å². The molecule has 2 rings (SSSR count). The lowest BCUT2D eigenvalue weighted by molar-refractivity contribution is 0.0351. The first-order chi connectivity index (χ1) is 8.39. The van der Waals surface area contributed by atoms with Crippen LogP contribution in [0, 0.1) is 0 Å². The minimum absolute atomic E-state index is 0.352. The third kappa shape index (κ3) is 2.94. The van der Waals surface area contributed by atoms with Gasteiger partial charge in [-0.3, -0.25) is 0 Å². The van der Waals surface area contributed by atoms with Crippen LogP contribution in [0.25, 0.3) is 0 Å². The molecule has 1 fully saturated rings. The molecule has 1 aliphatic heterocycles. The van der Waals surface area contributed by atoms with E-state index < -0.39 is 5.60 Å². The van der Waals surface area contributed by atoms with Crippen LogP contribution in [0.2, 0.25) is 5.02 Å². The normalized spacial score (nSPS) is 18.7. The van der Waals surface area contributed by atoms with Gasteiger partial charge in [-0.25, -0.2) is 0 Å². The molecule has 98 valence electrons. The fourth-order valence-corrected chi connectivity index (χ4v) is 2.55. The second-order valence-electron chi connectivity index (χ2n) is 5.01. The van der Waals surface area contributed by atoms with Gasteiger partial charge in [-0.2, -0.15) is 0 Å². The van der Waals surface area contributed by atoms with Gasteiger partial charge in [-0.1, -0.05) is 23.8 Å². The number of nitrogens with two attached hydrogens (primary N) is 1. The van der Waals surface area contributed by atoms with E-state index in [1.807, 2.05) is 19.1 Å². The first-order valence-electron chi connectivity index (χ1n) is 5.96. The number of benzene rings is 1. The van der Waals surface area contributed by atoms with Crippen molar-refractivity contribution in [3.8, 4) is 0 Å². The number of thiocarbonyl (C=S) groups is 1. The second-order valence-corrected chi connectivity index (χ2v) is 5.89. The Morgan fingerprint density at radius 1 is 1.44 bits per heavy atom. The van der Waals surface area contributed by atoms with E-state index in [4.69, 9.17) is 29.6 Å². The highest BCUT2D eigenvalue weighted by atomic mass is 35.5. The van der Waals surface area contributed by atoms with Crippen molar-refractivity contribution in [2.45, 2.75) is 25.4 Å². The molecule has 0 spiro atoms. The van der Waals surface area contributed by atoms with E-state index in [9.17, 15) is 5.11 Å². The zero-order valence-electron chi connectivity index (χ0n) is 10.3. The molecule has 1 saturated heterocycles. The zero-order chi connectivity index (χ0) is 13.3. The summed E-state index contributed by atoms with van der Waals surface area (Å²) < 4.78 is 0. The molecule has 3 nitrogen and oxygen atoms in total. The van der Waals surface area contributed by atoms with E-state index in [1.54, 1.807) is 6.07 Å². The summed E-state index contributed by atoms with van der Waals surface area (Å²) in [5.74, 6) is 0. The van der Waals surface area contributed by atoms with Crippen molar-refractivity contribution in [1.82, 2.24) is 0 Å². The number of rotatable bonds is 2. The quantitative estimate of drug-likeness (QED) is 0.819. The van der Waals surface area contributed by atoms with Gasteiger partial charge in [0.05, 0.1) is 5.60 Å². The topological polar surface area (TPSA) is 49.5 Å². The molecule has 3 N–H and O–H groups in total. The fraction of sp³-hybridized carbons (Fsp3) is 0.462. The van der Waals surface area contributed by atoms with Crippen LogP contribution in [-0.2, 0) is 0 Å². The average molecular weight is 285 g/mol. The summed E-state index contributed by atoms with van der Waals surface area (Å²) >= 11 is 11.0. The molecule has 0 atom stereocenters. The number of aliphatic hydroxyl groups is 1. The van der Waals surface area contributed by atoms with Crippen LogP contribution in [0.5, 0.6) is 0 Å². The molecule has 18 heavy (non-hydrogen) atoms. The molecule has 0 aromatic heterocycles. The zero-order valence-corrected chi connectivity index (χ0v) is 11.9. The maximum Gasteiger partial charge on any atom is 0.106 e. The SMILES string of the molecule is CC1(O)CCN(c2ccc(Cl)cc2C(N)=S)CC1. The maximum absolute atomic E-state index is 9.96. The van der Waals surface area contributed by atoms with Crippen molar-refractivity contribution >= 4 is 34.5 Å². The molecule has 0 unspecified atom stereocenters. The Morgan fingerprint density at radius 3 is 2.61 bits per heavy atom. The molecule has 1 aromatic carbocycles. The van der Waals surface area contributed by atoms with Gasteiger partial charge in [0, 0.05) is 29.4 Å². The third-order valence-electron chi connectivity index (χ3n) is 3.41. The number of halogens is 1. The largest absolute Gasteiger partial charge is 0.390 e. The Labute approximate surface area is 118 Å². The molecule has 0 saturated carbocycles. The molecule has 1 aromatic rings. The van der Waals surface area contributed by atoms with Crippen molar-refractivity contribution < 1.29 is 5.11 Å². The van der Waals surface area contributed by atoms with Crippen LogP contribution in [-0.4, -0.2) is 28.8 Å². The molecular weight excluding hydrogens is 268 g/mol. The summed E-state index contributed by atoms with van der Waals surface area (Å²) in [5, 5.41) is 10.6. The summed E-state index contributed by atoms with van der Waals surface area (Å²) in [4.78, 5) is 2.55. The lowest BCUT2D eigenvalue weighted by Gasteiger charge is -2.37. The Morgan fingerprint density at radius 2 is 2.06 bits per heavy atom. The minimum Gasteiger partial charge on any atom is -0.390 e. The lowest BCUT2D eigenvalue weighted by Crippen LogP contribution is -2.43. The molecule has 1 heterocycles. The highest BCUT2D eigenvalue weighted by Crippen LogP contribution is 2.29. The van der Waals surface area contributed by atoms with E-state index in [2.05, 4.69) is 4.90 Å². The summed E-state index contributed by atoms with van der Waals surface area (Å²) in [6, 6.07) is 5.58. The van der Waals surface area contributed by atoms with Crippen LogP contribution in [0.1, 0.15) is 25.3 Å². The summed E-state index contributed by atoms with van der Waals surface area (Å²) in [7, 11) is 0. The van der Waals surface area contributed by atoms with E-state index in [-0.39, 0.29) is 0 Å². The second kappa shape index (κ2) is 5.03. The summed E-state index contributed by atoms with van der Waals surface area (Å²) in [6.07, 6.45) is 1.48. The van der Waals surface area contributed by atoms with Gasteiger partial charge >= 0.3 is 0 Å². The van der Waals surface area contributed by atoms with Crippen LogP contribution < -0.4 is 10.6 Å². The predicted octanol–water partition coefficient (Wildman–Crippen LogP) is 2.33. The molecule has 0 aliphatic carbocycles. The van der Waals surface area contributed by atoms with Crippen molar-refractivity contribution in [2.24, 2.45) is 5.73 Å². The standard InChI is InChI=1S/C13H17ClN2OS/c1-13(17)4-6-16(7-5-13)11-3-2-9(14)8-10(11)12(15)18/h2-3,8,17H,4-7H2,1H3,(H2,15,18). The number of hydrogen-bond acceptors (Lipinski definition) is 3. The summed E-state index contributed by atoms with van der Waals surface area (Å²) in [6.45, 7) is 3.47. The van der Waals surface area contributed by atoms with Crippen molar-refractivity contribution in [2.75, 3.05) is 18.0 Å². The number of anilines is 1. The Bertz CT molecular complexity index is 466. The molecule has 0 bridgehead atoms. The lowest BCUT2D eigenvalue weighted by atomic mass is 9.93. The highest BCUT2D eigenvalue weighted by molar-refractivity contribution is 7.80.